The third-order valence-electron chi connectivity index (χ3n) is 5.21. The highest BCUT2D eigenvalue weighted by Crippen LogP contribution is 2.37. The Morgan fingerprint density at radius 1 is 1.05 bits per heavy atom. The highest BCUT2D eigenvalue weighted by molar-refractivity contribution is 4.90. The monoisotopic (exact) mass is 290 g/mol. The predicted octanol–water partition coefficient (Wildman–Crippen LogP) is 3.18. The summed E-state index contributed by atoms with van der Waals surface area (Å²) in [6, 6.07) is 0.898. The molecule has 1 aliphatic heterocycles. The second kappa shape index (κ2) is 5.84. The van der Waals surface area contributed by atoms with E-state index in [0.717, 1.165) is 25.6 Å². The Morgan fingerprint density at radius 3 is 2.55 bits per heavy atom. The van der Waals surface area contributed by atoms with E-state index >= 15 is 0 Å². The predicted molar refractivity (Wildman–Crippen MR) is 72.5 cm³/mol. The molecule has 3 aliphatic rings. The van der Waals surface area contributed by atoms with Gasteiger partial charge in [0, 0.05) is 18.6 Å². The summed E-state index contributed by atoms with van der Waals surface area (Å²) < 4.78 is 38.3. The van der Waals surface area contributed by atoms with Gasteiger partial charge in [0.25, 0.3) is 0 Å². The van der Waals surface area contributed by atoms with E-state index in [2.05, 4.69) is 10.2 Å². The number of rotatable bonds is 4. The van der Waals surface area contributed by atoms with Crippen LogP contribution in [0, 0.1) is 11.8 Å². The minimum atomic E-state index is -4.00. The maximum absolute atomic E-state index is 12.8. The van der Waals surface area contributed by atoms with Crippen LogP contribution in [0.2, 0.25) is 0 Å². The zero-order valence-electron chi connectivity index (χ0n) is 12.0. The summed E-state index contributed by atoms with van der Waals surface area (Å²) in [5.74, 6) is -0.442. The molecule has 1 saturated heterocycles. The van der Waals surface area contributed by atoms with E-state index in [-0.39, 0.29) is 12.5 Å². The van der Waals surface area contributed by atoms with Crippen LogP contribution in [0.5, 0.6) is 0 Å². The van der Waals surface area contributed by atoms with Gasteiger partial charge < -0.3 is 10.2 Å². The molecule has 0 aromatic rings. The van der Waals surface area contributed by atoms with Crippen molar-refractivity contribution in [2.45, 2.75) is 63.2 Å². The third-order valence-corrected chi connectivity index (χ3v) is 5.21. The van der Waals surface area contributed by atoms with Crippen LogP contribution in [0.1, 0.15) is 44.9 Å². The number of likely N-dealkylation sites (tertiary alicyclic amines) is 1. The molecule has 0 spiro atoms. The summed E-state index contributed by atoms with van der Waals surface area (Å²) >= 11 is 0. The number of hydrogen-bond acceptors (Lipinski definition) is 2. The highest BCUT2D eigenvalue weighted by atomic mass is 19.4. The molecule has 0 bridgehead atoms. The van der Waals surface area contributed by atoms with Crippen LogP contribution in [0.25, 0.3) is 0 Å². The number of nitrogens with zero attached hydrogens (tertiary/aromatic N) is 1. The zero-order valence-corrected chi connectivity index (χ0v) is 12.0. The largest absolute Gasteiger partial charge is 0.391 e. The molecule has 0 aromatic heterocycles. The van der Waals surface area contributed by atoms with Crippen LogP contribution in [0.3, 0.4) is 0 Å². The summed E-state index contributed by atoms with van der Waals surface area (Å²) in [6.45, 7) is 3.23. The van der Waals surface area contributed by atoms with Gasteiger partial charge in [-0.15, -0.1) is 0 Å². The second-order valence-electron chi connectivity index (χ2n) is 6.89. The molecule has 2 nitrogen and oxygen atoms in total. The van der Waals surface area contributed by atoms with Crippen molar-refractivity contribution in [2.24, 2.45) is 11.8 Å². The molecule has 3 fully saturated rings. The molecule has 5 heteroatoms. The Kier molecular flexibility index (Phi) is 4.27. The molecule has 0 amide bonds. The fraction of sp³-hybridized carbons (Fsp3) is 1.00. The first-order chi connectivity index (χ1) is 9.52. The summed E-state index contributed by atoms with van der Waals surface area (Å²) in [5.41, 5.74) is 0. The fourth-order valence-electron chi connectivity index (χ4n) is 3.81. The second-order valence-corrected chi connectivity index (χ2v) is 6.89. The lowest BCUT2D eigenvalue weighted by Gasteiger charge is -2.31. The lowest BCUT2D eigenvalue weighted by molar-refractivity contribution is -0.183. The molecule has 2 aliphatic carbocycles. The van der Waals surface area contributed by atoms with Crippen LogP contribution < -0.4 is 5.32 Å². The van der Waals surface area contributed by atoms with Crippen molar-refractivity contribution in [1.29, 1.82) is 0 Å². The van der Waals surface area contributed by atoms with E-state index in [1.807, 2.05) is 0 Å². The van der Waals surface area contributed by atoms with Gasteiger partial charge in [0.05, 0.1) is 5.92 Å². The van der Waals surface area contributed by atoms with Gasteiger partial charge in [-0.2, -0.15) is 13.2 Å². The van der Waals surface area contributed by atoms with E-state index in [9.17, 15) is 13.2 Å². The summed E-state index contributed by atoms with van der Waals surface area (Å²) in [4.78, 5) is 2.56. The first-order valence-electron chi connectivity index (χ1n) is 8.06. The van der Waals surface area contributed by atoms with E-state index in [1.54, 1.807) is 0 Å². The average molecular weight is 290 g/mol. The molecule has 3 atom stereocenters. The lowest BCUT2D eigenvalue weighted by Crippen LogP contribution is -2.41. The van der Waals surface area contributed by atoms with E-state index < -0.39 is 12.1 Å². The first-order valence-corrected chi connectivity index (χ1v) is 8.06. The Balaban J connectivity index is 1.39. The quantitative estimate of drug-likeness (QED) is 0.855. The van der Waals surface area contributed by atoms with Gasteiger partial charge in [-0.1, -0.05) is 6.42 Å². The van der Waals surface area contributed by atoms with Crippen molar-refractivity contribution in [1.82, 2.24) is 10.2 Å². The smallest absolute Gasteiger partial charge is 0.314 e. The lowest BCUT2D eigenvalue weighted by atomic mass is 9.85. The molecule has 1 heterocycles. The van der Waals surface area contributed by atoms with Crippen molar-refractivity contribution < 1.29 is 13.2 Å². The molecule has 116 valence electrons. The van der Waals surface area contributed by atoms with Gasteiger partial charge in [-0.25, -0.2) is 0 Å². The van der Waals surface area contributed by atoms with Gasteiger partial charge in [-0.05, 0) is 57.5 Å². The minimum Gasteiger partial charge on any atom is -0.314 e. The number of nitrogens with one attached hydrogen (secondary N) is 1. The molecule has 0 aromatic carbocycles. The van der Waals surface area contributed by atoms with Gasteiger partial charge in [0.2, 0.25) is 0 Å². The molecule has 3 unspecified atom stereocenters. The van der Waals surface area contributed by atoms with Crippen LogP contribution >= 0.6 is 0 Å². The SMILES string of the molecule is FC(F)(F)C1CCCC(NCC2CCN(C3CC3)C2)C1. The maximum Gasteiger partial charge on any atom is 0.391 e. The van der Waals surface area contributed by atoms with Crippen molar-refractivity contribution in [3.05, 3.63) is 0 Å². The maximum atomic E-state index is 12.8. The van der Waals surface area contributed by atoms with Crippen LogP contribution in [0.4, 0.5) is 13.2 Å². The van der Waals surface area contributed by atoms with Gasteiger partial charge >= 0.3 is 6.18 Å². The van der Waals surface area contributed by atoms with Crippen molar-refractivity contribution in [3.8, 4) is 0 Å². The van der Waals surface area contributed by atoms with E-state index in [0.29, 0.717) is 18.8 Å². The van der Waals surface area contributed by atoms with E-state index in [1.165, 1.54) is 25.8 Å². The summed E-state index contributed by atoms with van der Waals surface area (Å²) in [7, 11) is 0. The summed E-state index contributed by atoms with van der Waals surface area (Å²) in [5, 5.41) is 3.42. The highest BCUT2D eigenvalue weighted by Gasteiger charge is 2.42. The van der Waals surface area contributed by atoms with Crippen LogP contribution in [-0.2, 0) is 0 Å². The van der Waals surface area contributed by atoms with Crippen molar-refractivity contribution in [3.63, 3.8) is 0 Å². The molecular weight excluding hydrogens is 265 g/mol. The van der Waals surface area contributed by atoms with Crippen molar-refractivity contribution in [2.75, 3.05) is 19.6 Å². The first kappa shape index (κ1) is 14.6. The van der Waals surface area contributed by atoms with E-state index in [4.69, 9.17) is 0 Å². The molecule has 1 N–H and O–H groups in total. The Hall–Kier alpha value is -0.290. The van der Waals surface area contributed by atoms with Crippen LogP contribution in [-0.4, -0.2) is 42.8 Å². The Labute approximate surface area is 119 Å². The number of hydrogen-bond donors (Lipinski definition) is 1. The zero-order chi connectivity index (χ0) is 14.2. The van der Waals surface area contributed by atoms with Crippen molar-refractivity contribution >= 4 is 0 Å². The molecular formula is C15H25F3N2. The molecule has 2 saturated carbocycles. The third kappa shape index (κ3) is 3.67. The number of alkyl halides is 3. The number of halogens is 3. The average Bonchev–Trinajstić information content (AvgIpc) is 3.15. The Bertz CT molecular complexity index is 328. The van der Waals surface area contributed by atoms with Gasteiger partial charge in [0.1, 0.15) is 0 Å². The van der Waals surface area contributed by atoms with Gasteiger partial charge in [-0.3, -0.25) is 0 Å². The van der Waals surface area contributed by atoms with Gasteiger partial charge in [0.15, 0.2) is 0 Å². The fourth-order valence-corrected chi connectivity index (χ4v) is 3.81. The Morgan fingerprint density at radius 2 is 1.85 bits per heavy atom. The molecule has 3 rings (SSSR count). The summed E-state index contributed by atoms with van der Waals surface area (Å²) in [6.07, 6.45) is 2.11. The normalized spacial score (nSPS) is 36.5. The minimum absolute atomic E-state index is 0.0744. The molecule has 0 radical (unpaired) electrons. The van der Waals surface area contributed by atoms with Crippen LogP contribution in [0.15, 0.2) is 0 Å². The topological polar surface area (TPSA) is 15.3 Å². The standard InChI is InChI=1S/C15H25F3N2/c16-15(17,18)12-2-1-3-13(8-12)19-9-11-6-7-20(10-11)14-4-5-14/h11-14,19H,1-10H2. The molecule has 20 heavy (non-hydrogen) atoms.